The third kappa shape index (κ3) is 36.6. The fourth-order valence-electron chi connectivity index (χ4n) is 15.2. The molecule has 724 valence electrons. The third-order valence-corrected chi connectivity index (χ3v) is 22.0. The van der Waals surface area contributed by atoms with Crippen molar-refractivity contribution >= 4 is 0 Å². The van der Waals surface area contributed by atoms with E-state index >= 15 is 0 Å². The molecule has 13 aromatic carbocycles. The van der Waals surface area contributed by atoms with Gasteiger partial charge in [0.05, 0.1) is 0 Å². The average Bonchev–Trinajstić information content (AvgIpc) is 0.850. The monoisotopic (exact) mass is 2580 g/mol. The molecule has 0 aliphatic carbocycles. The summed E-state index contributed by atoms with van der Waals surface area (Å²) < 4.78 is 0. The van der Waals surface area contributed by atoms with Crippen LogP contribution in [0.3, 0.4) is 0 Å². The van der Waals surface area contributed by atoms with Crippen molar-refractivity contribution in [2.75, 3.05) is 0 Å². The van der Waals surface area contributed by atoms with E-state index in [1.165, 1.54) is 77.9 Å². The first kappa shape index (κ1) is 112. The van der Waals surface area contributed by atoms with Crippen molar-refractivity contribution in [3.63, 3.8) is 0 Å². The van der Waals surface area contributed by atoms with Crippen LogP contribution in [0, 0.1) is 72.7 Å². The molecule has 4 radical (unpaired) electrons. The van der Waals surface area contributed by atoms with Gasteiger partial charge in [0, 0.05) is 130 Å². The van der Waals surface area contributed by atoms with Crippen LogP contribution in [-0.2, 0) is 99.7 Å². The van der Waals surface area contributed by atoms with Crippen molar-refractivity contribution in [2.45, 2.75) is 74.7 Å². The Kier molecular flexibility index (Phi) is 46.7. The number of benzene rings is 13. The number of hydrogen-bond donors (Lipinski definition) is 0. The van der Waals surface area contributed by atoms with E-state index < -0.39 is 0 Å². The molecule has 0 spiro atoms. The van der Waals surface area contributed by atoms with Gasteiger partial charge in [-0.1, -0.05) is 278 Å². The van der Waals surface area contributed by atoms with Gasteiger partial charge in [0.25, 0.3) is 0 Å². The Bertz CT molecular complexity index is 6660. The molecule has 12 heteroatoms. The van der Waals surface area contributed by atoms with Gasteiger partial charge in [0.15, 0.2) is 0 Å². The second-order valence-electron chi connectivity index (χ2n) is 35.3. The van der Waals surface area contributed by atoms with E-state index in [0.717, 1.165) is 109 Å². The van der Waals surface area contributed by atoms with Crippen molar-refractivity contribution in [3.8, 4) is 146 Å². The molecule has 0 aliphatic rings. The van der Waals surface area contributed by atoms with Gasteiger partial charge in [-0.3, -0.25) is 0 Å². The number of aryl methyl sites for hydroxylation is 1. The fourth-order valence-corrected chi connectivity index (χ4v) is 15.2. The maximum atomic E-state index is 4.41. The normalized spacial score (nSPS) is 10.2. The molecule has 0 aliphatic heterocycles. The van der Waals surface area contributed by atoms with E-state index in [4.69, 9.17) is 0 Å². The van der Waals surface area contributed by atoms with Gasteiger partial charge in [-0.25, -0.2) is 0 Å². The molecule has 8 heterocycles. The van der Waals surface area contributed by atoms with E-state index in [0.29, 0.717) is 17.3 Å². The number of hydrogen-bond acceptors (Lipinski definition) is 8. The predicted molar refractivity (Wildman–Crippen MR) is 580 cm³/mol. The summed E-state index contributed by atoms with van der Waals surface area (Å²) in [4.78, 5) is 34.6. The van der Waals surface area contributed by atoms with Crippen molar-refractivity contribution in [1.29, 1.82) is 0 Å². The Balaban J connectivity index is 0.000000170. The summed E-state index contributed by atoms with van der Waals surface area (Å²) in [6, 6.07) is 173. The van der Waals surface area contributed by atoms with E-state index in [-0.39, 0.29) is 80.4 Å². The molecule has 0 saturated carbocycles. The topological polar surface area (TPSA) is 103 Å². The Morgan fingerprint density at radius 1 is 0.194 bits per heavy atom. The van der Waals surface area contributed by atoms with Gasteiger partial charge in [-0.2, -0.15) is 0 Å². The standard InChI is InChI=1S/C22H22N.2C21H20N.C18H14N.C17H12N.3C11H8N.4Ir/c1-22(2,3)16-17-10-12-18(13-11-17)19-7-6-8-20(15-19)21-9-4-5-14-23-21;2*1-16(2)14-17-9-11-18(12-10-17)19-6-5-7-20(15-19)21-8-3-4-13-22-21;1-14-8-10-15(11-9-14)16-5-4-6-17(13-16)18-7-2-3-12-19-18;1-2-7-14(8-3-1)15-9-6-10-16(13-15)17-11-4-5-12-18-17;3*1-2-6-10(7-3-1)11-8-4-5-9-12-11;;;;/h4-7,9-15H,16H2,1-3H3;2*3-6,8-13,15-16H,14H2,1-2H3;2-5,7-13H,1H3;1-9,11-13H;3*1-6,8-9H;;;;/q8*-1;;;;. The van der Waals surface area contributed by atoms with Crippen LogP contribution in [0.1, 0.15) is 70.7 Å². The first-order valence-electron chi connectivity index (χ1n) is 47.3. The second-order valence-corrected chi connectivity index (χ2v) is 35.3. The zero-order valence-corrected chi connectivity index (χ0v) is 91.5. The van der Waals surface area contributed by atoms with E-state index in [2.05, 4.69) is 314 Å². The van der Waals surface area contributed by atoms with Crippen LogP contribution in [-0.4, -0.2) is 39.9 Å². The number of pyridine rings is 8. The summed E-state index contributed by atoms with van der Waals surface area (Å²) in [6.45, 7) is 17.9. The molecule has 144 heavy (non-hydrogen) atoms. The zero-order valence-electron chi connectivity index (χ0n) is 81.9. The molecule has 8 aromatic heterocycles. The summed E-state index contributed by atoms with van der Waals surface area (Å²) >= 11 is 0. The SMILES string of the molecule is CC(C)(C)Cc1ccc(-c2cc[c-]c(-c3ccccn3)c2)cc1.CC(C)Cc1ccc(-c2cc[c-]c(-c3ccccn3)c2)cc1.CC(C)Cc1ccc(-c2cc[c-]c(-c3ccccn3)c2)cc1.Cc1ccc(-c2cc[c-]c(-c3ccccn3)c2)cc1.[Ir].[Ir].[Ir].[Ir].[c-]1ccc(-c2ccccc2)cc1-c1ccccn1.[c-]1ccccc1-c1ccccn1.[c-]1ccccc1-c1ccccn1.[c-]1ccccc1-c1ccccn1. The minimum atomic E-state index is 0. The Morgan fingerprint density at radius 3 is 0.604 bits per heavy atom. The minimum absolute atomic E-state index is 0. The van der Waals surface area contributed by atoms with Crippen LogP contribution in [0.5, 0.6) is 0 Å². The molecule has 0 amide bonds. The second kappa shape index (κ2) is 60.2. The number of rotatable bonds is 18. The predicted octanol–water partition coefficient (Wildman–Crippen LogP) is 33.0. The Labute approximate surface area is 906 Å². The van der Waals surface area contributed by atoms with Gasteiger partial charge in [-0.15, -0.1) is 285 Å². The van der Waals surface area contributed by atoms with Crippen molar-refractivity contribution < 1.29 is 80.4 Å². The minimum Gasteiger partial charge on any atom is -0.305 e. The van der Waals surface area contributed by atoms with Crippen LogP contribution in [0.4, 0.5) is 0 Å². The zero-order chi connectivity index (χ0) is 97.0. The van der Waals surface area contributed by atoms with Crippen LogP contribution in [0.2, 0.25) is 0 Å². The number of aromatic nitrogens is 8. The van der Waals surface area contributed by atoms with E-state index in [1.54, 1.807) is 24.8 Å². The van der Waals surface area contributed by atoms with Gasteiger partial charge in [0.2, 0.25) is 0 Å². The summed E-state index contributed by atoms with van der Waals surface area (Å²) in [5, 5.41) is 0. The fraction of sp³-hybridized carbons (Fsp3) is 0.106. The smallest absolute Gasteiger partial charge is 0.0160 e. The maximum absolute atomic E-state index is 4.41. The third-order valence-electron chi connectivity index (χ3n) is 22.0. The maximum Gasteiger partial charge on any atom is 0.0160 e. The van der Waals surface area contributed by atoms with Gasteiger partial charge < -0.3 is 39.9 Å². The van der Waals surface area contributed by atoms with Crippen LogP contribution < -0.4 is 0 Å². The van der Waals surface area contributed by atoms with Gasteiger partial charge in [-0.05, 0) is 182 Å². The molecule has 0 atom stereocenters. The quantitative estimate of drug-likeness (QED) is 0.0783. The van der Waals surface area contributed by atoms with E-state index in [9.17, 15) is 0 Å². The first-order chi connectivity index (χ1) is 68.6. The molecule has 0 bridgehead atoms. The summed E-state index contributed by atoms with van der Waals surface area (Å²) in [5.41, 5.74) is 33.8. The molecule has 0 N–H and O–H groups in total. The van der Waals surface area contributed by atoms with Crippen molar-refractivity contribution in [3.05, 3.63) is 557 Å². The van der Waals surface area contributed by atoms with Gasteiger partial charge >= 0.3 is 0 Å². The summed E-state index contributed by atoms with van der Waals surface area (Å²) in [5.74, 6) is 1.38. The van der Waals surface area contributed by atoms with Crippen molar-refractivity contribution in [1.82, 2.24) is 39.9 Å². The first-order valence-corrected chi connectivity index (χ1v) is 47.3. The van der Waals surface area contributed by atoms with E-state index in [1.807, 2.05) is 292 Å². The molecule has 0 fully saturated rings. The molecule has 21 rings (SSSR count). The Hall–Kier alpha value is -14.3. The van der Waals surface area contributed by atoms with Crippen LogP contribution in [0.15, 0.2) is 486 Å². The van der Waals surface area contributed by atoms with Crippen molar-refractivity contribution in [2.24, 2.45) is 17.3 Å². The molecule has 0 unspecified atom stereocenters. The van der Waals surface area contributed by atoms with Crippen LogP contribution >= 0.6 is 0 Å². The number of nitrogens with zero attached hydrogens (tertiary/aromatic N) is 8. The molecule has 21 aromatic rings. The Morgan fingerprint density at radius 2 is 0.396 bits per heavy atom. The molecular formula is C132H112Ir4N8-8. The molecule has 8 nitrogen and oxygen atoms in total. The summed E-state index contributed by atoms with van der Waals surface area (Å²) in [7, 11) is 0. The largest absolute Gasteiger partial charge is 0.305 e. The summed E-state index contributed by atoms with van der Waals surface area (Å²) in [6.07, 6.45) is 17.8. The molecular weight excluding hydrogens is 2470 g/mol. The molecule has 0 saturated heterocycles. The average molecular weight is 2580 g/mol. The van der Waals surface area contributed by atoms with Crippen LogP contribution in [0.25, 0.3) is 146 Å². The van der Waals surface area contributed by atoms with Gasteiger partial charge in [0.1, 0.15) is 0 Å².